The van der Waals surface area contributed by atoms with Crippen molar-refractivity contribution in [2.24, 2.45) is 0 Å². The van der Waals surface area contributed by atoms with Crippen LogP contribution in [0.1, 0.15) is 27.6 Å². The molecule has 4 aromatic rings. The molecule has 2 heterocycles. The van der Waals surface area contributed by atoms with Gasteiger partial charge in [0.15, 0.2) is 11.6 Å². The largest absolute Gasteiger partial charge is 0.484 e. The predicted octanol–water partition coefficient (Wildman–Crippen LogP) is 6.62. The molecule has 0 unspecified atom stereocenters. The molecule has 0 saturated carbocycles. The number of nitrogens with zero attached hydrogens (tertiary/aromatic N) is 2. The Morgan fingerprint density at radius 3 is 2.66 bits per heavy atom. The van der Waals surface area contributed by atoms with Crippen LogP contribution in [0, 0.1) is 6.92 Å². The highest BCUT2D eigenvalue weighted by atomic mass is 35.5. The van der Waals surface area contributed by atoms with Gasteiger partial charge in [-0.2, -0.15) is 5.10 Å². The lowest BCUT2D eigenvalue weighted by molar-refractivity contribution is 0.0992. The van der Waals surface area contributed by atoms with Crippen molar-refractivity contribution in [1.82, 2.24) is 9.78 Å². The molecule has 1 amide bonds. The van der Waals surface area contributed by atoms with E-state index < -0.39 is 5.91 Å². The van der Waals surface area contributed by atoms with Crippen LogP contribution < -0.4 is 10.1 Å². The number of ether oxygens (including phenoxy) is 1. The fraction of sp³-hybridized carbons (Fsp3) is 0.130. The van der Waals surface area contributed by atoms with Crippen LogP contribution in [0.25, 0.3) is 0 Å². The Morgan fingerprint density at radius 2 is 1.84 bits per heavy atom. The third-order valence-corrected chi connectivity index (χ3v) is 5.84. The molecule has 6 nitrogen and oxygen atoms in total. The Labute approximate surface area is 199 Å². The van der Waals surface area contributed by atoms with Crippen molar-refractivity contribution in [1.29, 1.82) is 0 Å². The molecule has 1 N–H and O–H groups in total. The van der Waals surface area contributed by atoms with E-state index in [1.54, 1.807) is 41.1 Å². The molecule has 0 aliphatic rings. The maximum Gasteiger partial charge on any atom is 0.292 e. The van der Waals surface area contributed by atoms with Gasteiger partial charge in [0.1, 0.15) is 23.1 Å². The zero-order valence-electron chi connectivity index (χ0n) is 16.9. The van der Waals surface area contributed by atoms with E-state index in [1.165, 1.54) is 0 Å². The second kappa shape index (κ2) is 9.69. The highest BCUT2D eigenvalue weighted by Crippen LogP contribution is 2.32. The number of amides is 1. The number of hydrogen-bond acceptors (Lipinski definition) is 4. The summed E-state index contributed by atoms with van der Waals surface area (Å²) >= 11 is 18.3. The van der Waals surface area contributed by atoms with Gasteiger partial charge < -0.3 is 14.5 Å². The summed E-state index contributed by atoms with van der Waals surface area (Å²) in [5, 5.41) is 8.57. The number of nitrogens with one attached hydrogen (secondary N) is 1. The topological polar surface area (TPSA) is 69.3 Å². The molecule has 0 saturated heterocycles. The van der Waals surface area contributed by atoms with Crippen LogP contribution in [0.3, 0.4) is 0 Å². The molecular weight excluding hydrogens is 473 g/mol. The van der Waals surface area contributed by atoms with Crippen molar-refractivity contribution in [3.8, 4) is 5.75 Å². The molecule has 0 aliphatic heterocycles. The van der Waals surface area contributed by atoms with E-state index in [1.807, 2.05) is 31.2 Å². The average Bonchev–Trinajstić information content (AvgIpc) is 3.37. The summed E-state index contributed by atoms with van der Waals surface area (Å²) in [5.41, 5.74) is 1.82. The van der Waals surface area contributed by atoms with E-state index in [0.717, 1.165) is 11.3 Å². The maximum absolute atomic E-state index is 12.6. The van der Waals surface area contributed by atoms with Gasteiger partial charge in [0.25, 0.3) is 5.91 Å². The van der Waals surface area contributed by atoms with E-state index >= 15 is 0 Å². The van der Waals surface area contributed by atoms with Gasteiger partial charge in [0, 0.05) is 16.8 Å². The van der Waals surface area contributed by atoms with Crippen LogP contribution in [0.2, 0.25) is 15.1 Å². The maximum atomic E-state index is 12.6. The fourth-order valence-electron chi connectivity index (χ4n) is 3.02. The van der Waals surface area contributed by atoms with Crippen molar-refractivity contribution < 1.29 is 13.9 Å². The summed E-state index contributed by atoms with van der Waals surface area (Å²) in [7, 11) is 0. The highest BCUT2D eigenvalue weighted by Gasteiger charge is 2.15. The van der Waals surface area contributed by atoms with Crippen LogP contribution >= 0.6 is 34.8 Å². The number of carbonyl (C=O) groups excluding carboxylic acids is 1. The molecule has 0 fully saturated rings. The first kappa shape index (κ1) is 22.3. The minimum Gasteiger partial charge on any atom is -0.484 e. The summed E-state index contributed by atoms with van der Waals surface area (Å²) in [4.78, 5) is 12.6. The van der Waals surface area contributed by atoms with Gasteiger partial charge in [-0.05, 0) is 42.8 Å². The van der Waals surface area contributed by atoms with Crippen LogP contribution in [-0.2, 0) is 13.2 Å². The van der Waals surface area contributed by atoms with E-state index in [2.05, 4.69) is 10.4 Å². The number of halogens is 3. The van der Waals surface area contributed by atoms with Crippen LogP contribution in [-0.4, -0.2) is 15.7 Å². The Bertz CT molecular complexity index is 1270. The first-order valence-corrected chi connectivity index (χ1v) is 10.8. The number of anilines is 1. The molecule has 2 aromatic carbocycles. The van der Waals surface area contributed by atoms with Crippen LogP contribution in [0.5, 0.6) is 5.75 Å². The first-order chi connectivity index (χ1) is 15.4. The summed E-state index contributed by atoms with van der Waals surface area (Å²) in [6, 6.07) is 17.7. The van der Waals surface area contributed by atoms with E-state index in [-0.39, 0.29) is 12.4 Å². The molecule has 32 heavy (non-hydrogen) atoms. The minimum absolute atomic E-state index is 0.0961. The molecular formula is C23H18Cl3N3O3. The normalized spacial score (nSPS) is 10.9. The van der Waals surface area contributed by atoms with Gasteiger partial charge in [-0.25, -0.2) is 0 Å². The molecule has 0 radical (unpaired) electrons. The second-order valence-corrected chi connectivity index (χ2v) is 8.17. The van der Waals surface area contributed by atoms with E-state index in [9.17, 15) is 4.79 Å². The zero-order valence-corrected chi connectivity index (χ0v) is 19.2. The van der Waals surface area contributed by atoms with Crippen molar-refractivity contribution in [2.75, 3.05) is 5.32 Å². The fourth-order valence-corrected chi connectivity index (χ4v) is 3.56. The lowest BCUT2D eigenvalue weighted by Crippen LogP contribution is -2.12. The van der Waals surface area contributed by atoms with Crippen LogP contribution in [0.15, 0.2) is 65.1 Å². The van der Waals surface area contributed by atoms with Gasteiger partial charge in [0.2, 0.25) is 0 Å². The molecule has 0 atom stereocenters. The molecule has 164 valence electrons. The second-order valence-electron chi connectivity index (χ2n) is 6.98. The third kappa shape index (κ3) is 5.10. The zero-order chi connectivity index (χ0) is 22.7. The van der Waals surface area contributed by atoms with Crippen molar-refractivity contribution >= 4 is 46.5 Å². The average molecular weight is 491 g/mol. The van der Waals surface area contributed by atoms with E-state index in [0.29, 0.717) is 38.9 Å². The SMILES string of the molecule is Cc1cc(NC(=O)c2ccc(COc3cccc(Cl)c3Cl)o2)nn1Cc1ccccc1Cl. The van der Waals surface area contributed by atoms with Gasteiger partial charge in [0.05, 0.1) is 11.6 Å². The van der Waals surface area contributed by atoms with Gasteiger partial charge in [-0.1, -0.05) is 59.1 Å². The Hall–Kier alpha value is -2.93. The molecule has 2 aromatic heterocycles. The Morgan fingerprint density at radius 1 is 1.06 bits per heavy atom. The van der Waals surface area contributed by atoms with Crippen LogP contribution in [0.4, 0.5) is 5.82 Å². The number of aromatic nitrogens is 2. The number of hydrogen-bond donors (Lipinski definition) is 1. The van der Waals surface area contributed by atoms with Gasteiger partial charge in [-0.3, -0.25) is 9.48 Å². The minimum atomic E-state index is -0.417. The first-order valence-electron chi connectivity index (χ1n) is 9.65. The summed E-state index contributed by atoms with van der Waals surface area (Å²) in [6.45, 7) is 2.50. The smallest absolute Gasteiger partial charge is 0.292 e. The van der Waals surface area contributed by atoms with Crippen molar-refractivity contribution in [2.45, 2.75) is 20.1 Å². The van der Waals surface area contributed by atoms with Gasteiger partial charge >= 0.3 is 0 Å². The van der Waals surface area contributed by atoms with Crippen molar-refractivity contribution in [3.05, 3.63) is 98.5 Å². The number of rotatable bonds is 7. The molecule has 0 aliphatic carbocycles. The highest BCUT2D eigenvalue weighted by molar-refractivity contribution is 6.42. The lowest BCUT2D eigenvalue weighted by Gasteiger charge is -2.07. The Kier molecular flexibility index (Phi) is 6.74. The number of carbonyl (C=O) groups is 1. The summed E-state index contributed by atoms with van der Waals surface area (Å²) in [6.07, 6.45) is 0. The number of aryl methyl sites for hydroxylation is 1. The molecule has 0 spiro atoms. The monoisotopic (exact) mass is 489 g/mol. The summed E-state index contributed by atoms with van der Waals surface area (Å²) in [5.74, 6) is 1.03. The molecule has 9 heteroatoms. The number of furan rings is 1. The standard InChI is InChI=1S/C23H18Cl3N3O3/c1-14-11-21(28-29(14)12-15-5-2-3-6-17(15)24)27-23(30)20-10-9-16(32-20)13-31-19-8-4-7-18(25)22(19)26/h2-11H,12-13H2,1H3,(H,27,28,30). The third-order valence-electron chi connectivity index (χ3n) is 4.67. The lowest BCUT2D eigenvalue weighted by atomic mass is 10.2. The Balaban J connectivity index is 1.39. The van der Waals surface area contributed by atoms with Crippen molar-refractivity contribution in [3.63, 3.8) is 0 Å². The quantitative estimate of drug-likeness (QED) is 0.316. The van der Waals surface area contributed by atoms with E-state index in [4.69, 9.17) is 44.0 Å². The predicted molar refractivity (Wildman–Crippen MR) is 125 cm³/mol. The van der Waals surface area contributed by atoms with Gasteiger partial charge in [-0.15, -0.1) is 0 Å². The molecule has 0 bridgehead atoms. The number of benzene rings is 2. The summed E-state index contributed by atoms with van der Waals surface area (Å²) < 4.78 is 13.0. The molecule has 4 rings (SSSR count).